The van der Waals surface area contributed by atoms with Crippen LogP contribution in [0.15, 0.2) is 11.3 Å². The van der Waals surface area contributed by atoms with E-state index in [2.05, 4.69) is 16.9 Å². The largest absolute Gasteiger partial charge is 0.317 e. The number of hydrogen-bond donors (Lipinski definition) is 1. The predicted octanol–water partition coefficient (Wildman–Crippen LogP) is 0.893. The van der Waals surface area contributed by atoms with Crippen LogP contribution in [0.2, 0.25) is 0 Å². The smallest absolute Gasteiger partial charge is 0.0650 e. The maximum atomic E-state index is 5.66. The Labute approximate surface area is 73.8 Å². The van der Waals surface area contributed by atoms with Crippen molar-refractivity contribution in [2.75, 3.05) is 19.8 Å². The molecule has 0 spiro atoms. The normalized spacial score (nSPS) is 25.0. The molecule has 0 saturated carbocycles. The van der Waals surface area contributed by atoms with Gasteiger partial charge < -0.3 is 10.7 Å². The minimum Gasteiger partial charge on any atom is -0.317 e. The fourth-order valence-electron chi connectivity index (χ4n) is 2.18. The zero-order valence-corrected chi connectivity index (χ0v) is 7.71. The summed E-state index contributed by atoms with van der Waals surface area (Å²) < 4.78 is 0. The highest BCUT2D eigenvalue weighted by Gasteiger charge is 2.28. The van der Waals surface area contributed by atoms with E-state index in [1.165, 1.54) is 37.1 Å². The Morgan fingerprint density at radius 1 is 1.42 bits per heavy atom. The van der Waals surface area contributed by atoms with E-state index in [-0.39, 0.29) is 0 Å². The summed E-state index contributed by atoms with van der Waals surface area (Å²) in [7, 11) is 0. The average Bonchev–Trinajstić information content (AvgIpc) is 2.44. The molecule has 0 aromatic rings. The van der Waals surface area contributed by atoms with Crippen molar-refractivity contribution < 1.29 is 0 Å². The second kappa shape index (κ2) is 3.07. The molecule has 12 heavy (non-hydrogen) atoms. The van der Waals surface area contributed by atoms with Crippen LogP contribution in [0.5, 0.6) is 0 Å². The van der Waals surface area contributed by atoms with E-state index in [0.29, 0.717) is 6.67 Å². The van der Waals surface area contributed by atoms with E-state index in [4.69, 9.17) is 5.73 Å². The summed E-state index contributed by atoms with van der Waals surface area (Å²) >= 11 is 0. The van der Waals surface area contributed by atoms with Crippen LogP contribution in [-0.4, -0.2) is 29.8 Å². The monoisotopic (exact) mass is 167 g/mol. The SMILES string of the molecule is CC1=C2CCCCN2N(CN)C1. The predicted molar refractivity (Wildman–Crippen MR) is 49.0 cm³/mol. The molecule has 2 N–H and O–H groups in total. The summed E-state index contributed by atoms with van der Waals surface area (Å²) in [4.78, 5) is 0. The maximum Gasteiger partial charge on any atom is 0.0650 e. The molecule has 0 radical (unpaired) electrons. The van der Waals surface area contributed by atoms with Crippen LogP contribution in [0.25, 0.3) is 0 Å². The Bertz CT molecular complexity index is 210. The van der Waals surface area contributed by atoms with Gasteiger partial charge in [-0.1, -0.05) is 0 Å². The fraction of sp³-hybridized carbons (Fsp3) is 0.778. The Kier molecular flexibility index (Phi) is 2.07. The number of nitrogens with two attached hydrogens (primary N) is 1. The maximum absolute atomic E-state index is 5.66. The molecule has 1 saturated heterocycles. The lowest BCUT2D eigenvalue weighted by atomic mass is 10.1. The van der Waals surface area contributed by atoms with E-state index in [1.807, 2.05) is 0 Å². The topological polar surface area (TPSA) is 32.5 Å². The van der Waals surface area contributed by atoms with Gasteiger partial charge in [-0.25, -0.2) is 5.01 Å². The molecule has 3 nitrogen and oxygen atoms in total. The van der Waals surface area contributed by atoms with Crippen molar-refractivity contribution in [2.45, 2.75) is 26.2 Å². The van der Waals surface area contributed by atoms with Gasteiger partial charge in [-0.05, 0) is 31.8 Å². The quantitative estimate of drug-likeness (QED) is 0.629. The first kappa shape index (κ1) is 8.08. The minimum absolute atomic E-state index is 0.654. The number of hydrogen-bond acceptors (Lipinski definition) is 3. The average molecular weight is 167 g/mol. The first-order valence-corrected chi connectivity index (χ1v) is 4.74. The third-order valence-electron chi connectivity index (χ3n) is 2.81. The van der Waals surface area contributed by atoms with Gasteiger partial charge in [0.15, 0.2) is 0 Å². The summed E-state index contributed by atoms with van der Waals surface area (Å²) in [5, 5.41) is 4.61. The Morgan fingerprint density at radius 3 is 3.00 bits per heavy atom. The van der Waals surface area contributed by atoms with Gasteiger partial charge in [-0.2, -0.15) is 0 Å². The summed E-state index contributed by atoms with van der Waals surface area (Å²) in [5.74, 6) is 0. The van der Waals surface area contributed by atoms with Crippen molar-refractivity contribution >= 4 is 0 Å². The van der Waals surface area contributed by atoms with Crippen LogP contribution >= 0.6 is 0 Å². The van der Waals surface area contributed by atoms with Crippen LogP contribution in [0, 0.1) is 0 Å². The second-order valence-electron chi connectivity index (χ2n) is 3.65. The Hall–Kier alpha value is -0.540. The van der Waals surface area contributed by atoms with Crippen LogP contribution in [0.4, 0.5) is 0 Å². The lowest BCUT2D eigenvalue weighted by Crippen LogP contribution is -2.42. The molecule has 68 valence electrons. The number of piperidine rings is 1. The first-order chi connectivity index (χ1) is 5.83. The van der Waals surface area contributed by atoms with Crippen LogP contribution in [-0.2, 0) is 0 Å². The van der Waals surface area contributed by atoms with Gasteiger partial charge in [0.2, 0.25) is 0 Å². The third-order valence-corrected chi connectivity index (χ3v) is 2.81. The van der Waals surface area contributed by atoms with E-state index < -0.39 is 0 Å². The lowest BCUT2D eigenvalue weighted by Gasteiger charge is -2.34. The molecular formula is C9H17N3. The summed E-state index contributed by atoms with van der Waals surface area (Å²) in [5.41, 5.74) is 8.71. The number of nitrogens with zero attached hydrogens (tertiary/aromatic N) is 2. The molecule has 2 aliphatic rings. The fourth-order valence-corrected chi connectivity index (χ4v) is 2.18. The van der Waals surface area contributed by atoms with Gasteiger partial charge in [-0.3, -0.25) is 0 Å². The van der Waals surface area contributed by atoms with E-state index in [9.17, 15) is 0 Å². The van der Waals surface area contributed by atoms with Gasteiger partial charge in [0.1, 0.15) is 0 Å². The molecule has 0 unspecified atom stereocenters. The van der Waals surface area contributed by atoms with E-state index in [0.717, 1.165) is 6.54 Å². The number of rotatable bonds is 1. The highest BCUT2D eigenvalue weighted by molar-refractivity contribution is 5.18. The number of hydrazine groups is 1. The molecule has 2 rings (SSSR count). The highest BCUT2D eigenvalue weighted by Crippen LogP contribution is 2.30. The van der Waals surface area contributed by atoms with Gasteiger partial charge >= 0.3 is 0 Å². The van der Waals surface area contributed by atoms with Crippen molar-refractivity contribution in [3.63, 3.8) is 0 Å². The van der Waals surface area contributed by atoms with Crippen molar-refractivity contribution in [2.24, 2.45) is 5.73 Å². The van der Waals surface area contributed by atoms with Crippen molar-refractivity contribution in [3.8, 4) is 0 Å². The molecule has 1 fully saturated rings. The van der Waals surface area contributed by atoms with Crippen molar-refractivity contribution in [3.05, 3.63) is 11.3 Å². The van der Waals surface area contributed by atoms with Crippen LogP contribution in [0.1, 0.15) is 26.2 Å². The molecule has 2 aliphatic heterocycles. The molecular weight excluding hydrogens is 150 g/mol. The molecule has 0 atom stereocenters. The minimum atomic E-state index is 0.654. The van der Waals surface area contributed by atoms with Crippen LogP contribution in [0.3, 0.4) is 0 Å². The third kappa shape index (κ3) is 1.13. The van der Waals surface area contributed by atoms with Gasteiger partial charge in [0, 0.05) is 18.8 Å². The molecule has 0 aliphatic carbocycles. The van der Waals surface area contributed by atoms with Gasteiger partial charge in [0.25, 0.3) is 0 Å². The van der Waals surface area contributed by atoms with Crippen molar-refractivity contribution in [1.29, 1.82) is 0 Å². The second-order valence-corrected chi connectivity index (χ2v) is 3.65. The zero-order valence-electron chi connectivity index (χ0n) is 7.71. The van der Waals surface area contributed by atoms with E-state index >= 15 is 0 Å². The molecule has 0 amide bonds. The lowest BCUT2D eigenvalue weighted by molar-refractivity contribution is 0.0272. The number of fused-ring (bicyclic) bond motifs is 1. The summed E-state index contributed by atoms with van der Waals surface area (Å²) in [6, 6.07) is 0. The van der Waals surface area contributed by atoms with Gasteiger partial charge in [-0.15, -0.1) is 0 Å². The molecule has 0 bridgehead atoms. The Balaban J connectivity index is 2.16. The molecule has 0 aromatic carbocycles. The molecule has 0 aromatic heterocycles. The summed E-state index contributed by atoms with van der Waals surface area (Å²) in [6.45, 7) is 5.10. The highest BCUT2D eigenvalue weighted by atomic mass is 15.7. The molecule has 3 heteroatoms. The van der Waals surface area contributed by atoms with Gasteiger partial charge in [0.05, 0.1) is 6.67 Å². The molecule has 2 heterocycles. The first-order valence-electron chi connectivity index (χ1n) is 4.74. The van der Waals surface area contributed by atoms with Crippen molar-refractivity contribution in [1.82, 2.24) is 10.0 Å². The van der Waals surface area contributed by atoms with E-state index in [1.54, 1.807) is 0 Å². The standard InChI is InChI=1S/C9H17N3/c1-8-6-11(7-10)12-5-3-2-4-9(8)12/h2-7,10H2,1H3. The summed E-state index contributed by atoms with van der Waals surface area (Å²) in [6.07, 6.45) is 3.91. The van der Waals surface area contributed by atoms with Crippen LogP contribution < -0.4 is 5.73 Å². The Morgan fingerprint density at radius 2 is 2.25 bits per heavy atom. The number of allylic oxidation sites excluding steroid dienone is 1. The zero-order chi connectivity index (χ0) is 8.55.